The molecule has 0 fully saturated rings. The van der Waals surface area contributed by atoms with Gasteiger partial charge >= 0.3 is 0 Å². The number of hydrogen-bond donors (Lipinski definition) is 1. The molecule has 0 spiro atoms. The largest absolute Gasteiger partial charge is 0.432 e. The van der Waals surface area contributed by atoms with Crippen LogP contribution in [0.15, 0.2) is 35.3 Å². The first-order valence-electron chi connectivity index (χ1n) is 10.4. The summed E-state index contributed by atoms with van der Waals surface area (Å²) in [5.74, 6) is 0.666. The Kier molecular flexibility index (Phi) is 4.62. The molecule has 0 aromatic carbocycles. The first-order chi connectivity index (χ1) is 14.6. The second-order valence-electron chi connectivity index (χ2n) is 8.39. The average Bonchev–Trinajstić information content (AvgIpc) is 3.11. The maximum Gasteiger partial charge on any atom is 0.229 e. The summed E-state index contributed by atoms with van der Waals surface area (Å²) in [6.07, 6.45) is 7.90. The van der Waals surface area contributed by atoms with E-state index in [4.69, 9.17) is 14.1 Å². The zero-order valence-corrected chi connectivity index (χ0v) is 17.5. The molecule has 4 aromatic rings. The molecule has 5 rings (SSSR count). The van der Waals surface area contributed by atoms with Gasteiger partial charge < -0.3 is 14.5 Å². The molecule has 0 bridgehead atoms. The highest BCUT2D eigenvalue weighted by Crippen LogP contribution is 2.39. The van der Waals surface area contributed by atoms with Gasteiger partial charge in [-0.25, -0.2) is 15.0 Å². The molecule has 0 amide bonds. The number of fused-ring (bicyclic) bond motifs is 5. The lowest BCUT2D eigenvalue weighted by Crippen LogP contribution is -2.32. The first-order valence-corrected chi connectivity index (χ1v) is 10.4. The van der Waals surface area contributed by atoms with Crippen molar-refractivity contribution in [3.8, 4) is 0 Å². The Hall–Kier alpha value is -3.06. The van der Waals surface area contributed by atoms with E-state index in [1.807, 2.05) is 18.3 Å². The summed E-state index contributed by atoms with van der Waals surface area (Å²) in [7, 11) is 0. The second kappa shape index (κ2) is 7.32. The van der Waals surface area contributed by atoms with Crippen LogP contribution in [0, 0.1) is 0 Å². The van der Waals surface area contributed by atoms with Crippen molar-refractivity contribution in [3.05, 3.63) is 53.2 Å². The van der Waals surface area contributed by atoms with Crippen LogP contribution in [0.3, 0.4) is 0 Å². The van der Waals surface area contributed by atoms with Crippen molar-refractivity contribution >= 4 is 28.0 Å². The lowest BCUT2D eigenvalue weighted by Gasteiger charge is -2.33. The van der Waals surface area contributed by atoms with Gasteiger partial charge in [-0.1, -0.05) is 19.4 Å². The molecule has 0 aliphatic carbocycles. The number of rotatable bonds is 5. The third kappa shape index (κ3) is 3.29. The summed E-state index contributed by atoms with van der Waals surface area (Å²) < 4.78 is 12.3. The number of furan rings is 1. The van der Waals surface area contributed by atoms with E-state index in [1.165, 1.54) is 11.1 Å². The monoisotopic (exact) mass is 403 g/mol. The van der Waals surface area contributed by atoms with Crippen LogP contribution in [0.5, 0.6) is 0 Å². The van der Waals surface area contributed by atoms with Crippen molar-refractivity contribution in [3.63, 3.8) is 0 Å². The van der Waals surface area contributed by atoms with Gasteiger partial charge in [0.25, 0.3) is 0 Å². The number of ether oxygens (including phenoxy) is 1. The number of nitrogens with zero attached hydrogens (tertiary/aromatic N) is 4. The Balaban J connectivity index is 1.65. The van der Waals surface area contributed by atoms with E-state index in [9.17, 15) is 0 Å². The fraction of sp³-hybridized carbons (Fsp3) is 0.391. The summed E-state index contributed by atoms with van der Waals surface area (Å²) in [6.45, 7) is 7.59. The van der Waals surface area contributed by atoms with E-state index in [-0.39, 0.29) is 5.60 Å². The van der Waals surface area contributed by atoms with Crippen LogP contribution in [0.2, 0.25) is 0 Å². The number of aryl methyl sites for hydroxylation is 1. The van der Waals surface area contributed by atoms with Gasteiger partial charge in [-0.3, -0.25) is 4.98 Å². The van der Waals surface area contributed by atoms with E-state index in [0.717, 1.165) is 41.4 Å². The average molecular weight is 403 g/mol. The fourth-order valence-electron chi connectivity index (χ4n) is 4.13. The van der Waals surface area contributed by atoms with Gasteiger partial charge in [0.15, 0.2) is 11.4 Å². The van der Waals surface area contributed by atoms with Gasteiger partial charge in [0.1, 0.15) is 11.8 Å². The molecule has 0 unspecified atom stereocenters. The molecule has 154 valence electrons. The van der Waals surface area contributed by atoms with Crippen molar-refractivity contribution < 1.29 is 9.15 Å². The van der Waals surface area contributed by atoms with Crippen LogP contribution in [-0.4, -0.2) is 25.5 Å². The van der Waals surface area contributed by atoms with E-state index in [1.54, 1.807) is 12.5 Å². The van der Waals surface area contributed by atoms with Gasteiger partial charge in [0, 0.05) is 30.9 Å². The Morgan fingerprint density at radius 2 is 2.10 bits per heavy atom. The van der Waals surface area contributed by atoms with Crippen LogP contribution < -0.4 is 5.32 Å². The molecule has 1 N–H and O–H groups in total. The molecule has 7 nitrogen and oxygen atoms in total. The number of nitrogens with one attached hydrogen (secondary N) is 1. The van der Waals surface area contributed by atoms with Crippen LogP contribution in [0.1, 0.15) is 49.6 Å². The second-order valence-corrected chi connectivity index (χ2v) is 8.39. The summed E-state index contributed by atoms with van der Waals surface area (Å²) in [6, 6.07) is 3.94. The van der Waals surface area contributed by atoms with Crippen molar-refractivity contribution in [1.82, 2.24) is 19.9 Å². The zero-order chi connectivity index (χ0) is 20.7. The highest BCUT2D eigenvalue weighted by Gasteiger charge is 2.32. The smallest absolute Gasteiger partial charge is 0.229 e. The Bertz CT molecular complexity index is 1220. The highest BCUT2D eigenvalue weighted by molar-refractivity contribution is 6.06. The standard InChI is InChI=1S/C23H25N5O2/c1-4-6-17-16-12-29-23(2,3)9-15(16)18-19-20(30-22(18)28-17)21(27-13-26-19)25-11-14-7-5-8-24-10-14/h5,7-8,10,13H,4,6,9,11-12H2,1-3H3,(H,25,26,27). The number of aromatic nitrogens is 4. The van der Waals surface area contributed by atoms with Crippen LogP contribution in [-0.2, 0) is 30.7 Å². The third-order valence-corrected chi connectivity index (χ3v) is 5.58. The topological polar surface area (TPSA) is 86.0 Å². The predicted molar refractivity (Wildman–Crippen MR) is 115 cm³/mol. The molecule has 0 radical (unpaired) electrons. The van der Waals surface area contributed by atoms with Gasteiger partial charge in [-0.2, -0.15) is 0 Å². The summed E-state index contributed by atoms with van der Waals surface area (Å²) in [5, 5.41) is 4.35. The van der Waals surface area contributed by atoms with Crippen molar-refractivity contribution in [1.29, 1.82) is 0 Å². The van der Waals surface area contributed by atoms with Crippen molar-refractivity contribution in [2.75, 3.05) is 5.32 Å². The number of hydrogen-bond acceptors (Lipinski definition) is 7. The lowest BCUT2D eigenvalue weighted by atomic mass is 9.88. The first kappa shape index (κ1) is 18.9. The Morgan fingerprint density at radius 1 is 1.20 bits per heavy atom. The zero-order valence-electron chi connectivity index (χ0n) is 17.5. The Labute approximate surface area is 174 Å². The molecule has 4 aromatic heterocycles. The normalized spacial score (nSPS) is 15.4. The minimum Gasteiger partial charge on any atom is -0.432 e. The van der Waals surface area contributed by atoms with Crippen LogP contribution in [0.4, 0.5) is 5.82 Å². The van der Waals surface area contributed by atoms with Crippen molar-refractivity contribution in [2.24, 2.45) is 0 Å². The minimum atomic E-state index is -0.233. The maximum atomic E-state index is 6.24. The molecule has 0 atom stereocenters. The molecule has 0 saturated heterocycles. The van der Waals surface area contributed by atoms with Gasteiger partial charge in [0.05, 0.1) is 23.3 Å². The molecule has 7 heteroatoms. The summed E-state index contributed by atoms with van der Waals surface area (Å²) in [5.41, 5.74) is 6.41. The SMILES string of the molecule is CCCc1nc2oc3c(NCc4cccnc4)ncnc3c2c2c1COC(C)(C)C2. The molecule has 1 aliphatic heterocycles. The van der Waals surface area contributed by atoms with E-state index in [0.29, 0.717) is 30.3 Å². The van der Waals surface area contributed by atoms with Gasteiger partial charge in [-0.05, 0) is 37.5 Å². The molecule has 5 heterocycles. The molecule has 1 aliphatic rings. The van der Waals surface area contributed by atoms with Gasteiger partial charge in [-0.15, -0.1) is 0 Å². The quantitative estimate of drug-likeness (QED) is 0.522. The molecule has 0 saturated carbocycles. The minimum absolute atomic E-state index is 0.233. The van der Waals surface area contributed by atoms with E-state index >= 15 is 0 Å². The molecular formula is C23H25N5O2. The summed E-state index contributed by atoms with van der Waals surface area (Å²) >= 11 is 0. The van der Waals surface area contributed by atoms with Gasteiger partial charge in [0.2, 0.25) is 5.71 Å². The van der Waals surface area contributed by atoms with Crippen LogP contribution >= 0.6 is 0 Å². The highest BCUT2D eigenvalue weighted by atomic mass is 16.5. The Morgan fingerprint density at radius 3 is 2.90 bits per heavy atom. The number of anilines is 1. The third-order valence-electron chi connectivity index (χ3n) is 5.58. The maximum absolute atomic E-state index is 6.24. The van der Waals surface area contributed by atoms with Crippen molar-refractivity contribution in [2.45, 2.75) is 58.8 Å². The fourth-order valence-corrected chi connectivity index (χ4v) is 4.13. The predicted octanol–water partition coefficient (Wildman–Crippen LogP) is 4.58. The molecular weight excluding hydrogens is 378 g/mol. The van der Waals surface area contributed by atoms with E-state index < -0.39 is 0 Å². The summed E-state index contributed by atoms with van der Waals surface area (Å²) in [4.78, 5) is 18.0. The lowest BCUT2D eigenvalue weighted by molar-refractivity contribution is -0.0401. The van der Waals surface area contributed by atoms with Crippen LogP contribution in [0.25, 0.3) is 22.2 Å². The van der Waals surface area contributed by atoms with E-state index in [2.05, 4.69) is 41.0 Å². The molecule has 30 heavy (non-hydrogen) atoms. The number of pyridine rings is 2.